The molecule has 0 bridgehead atoms. The van der Waals surface area contributed by atoms with Gasteiger partial charge in [-0.25, -0.2) is 9.67 Å². The van der Waals surface area contributed by atoms with Crippen LogP contribution in [0.1, 0.15) is 143 Å². The molecule has 4 aromatic rings. The molecule has 0 radical (unpaired) electrons. The van der Waals surface area contributed by atoms with Gasteiger partial charge in [0.05, 0.1) is 30.1 Å². The molecule has 0 aliphatic heterocycles. The lowest BCUT2D eigenvalue weighted by Crippen LogP contribution is -2.52. The number of hydrogen-bond donors (Lipinski definition) is 1. The third-order valence-electron chi connectivity index (χ3n) is 21.0. The number of ketones is 2. The molecular weight excluding hydrogens is 797 g/mol. The van der Waals surface area contributed by atoms with Crippen molar-refractivity contribution < 1.29 is 19.4 Å². The van der Waals surface area contributed by atoms with Gasteiger partial charge in [0.15, 0.2) is 17.2 Å². The van der Waals surface area contributed by atoms with E-state index in [1.807, 2.05) is 47.1 Å². The van der Waals surface area contributed by atoms with Crippen LogP contribution in [-0.4, -0.2) is 57.4 Å². The summed E-state index contributed by atoms with van der Waals surface area (Å²) in [7, 11) is 0. The number of aromatic nitrogens is 6. The predicted molar refractivity (Wildman–Crippen MR) is 246 cm³/mol. The molecule has 0 unspecified atom stereocenters. The first kappa shape index (κ1) is 41.7. The van der Waals surface area contributed by atoms with Crippen molar-refractivity contribution in [3.05, 3.63) is 43.1 Å². The molecule has 4 heterocycles. The van der Waals surface area contributed by atoms with Gasteiger partial charge in [-0.3, -0.25) is 19.3 Å². The lowest BCUT2D eigenvalue weighted by atomic mass is 9.49. The molecule has 4 aromatic heterocycles. The van der Waals surface area contributed by atoms with E-state index in [4.69, 9.17) is 14.8 Å². The summed E-state index contributed by atoms with van der Waals surface area (Å²) in [5.74, 6) is 8.85. The lowest BCUT2D eigenvalue weighted by Gasteiger charge is -2.57. The highest BCUT2D eigenvalue weighted by atomic mass is 16.5. The van der Waals surface area contributed by atoms with Gasteiger partial charge in [-0.2, -0.15) is 10.2 Å². The number of ether oxygens (including phenoxy) is 1. The summed E-state index contributed by atoms with van der Waals surface area (Å²) in [5, 5.41) is 22.2. The molecule has 0 amide bonds. The molecule has 64 heavy (non-hydrogen) atoms. The Kier molecular flexibility index (Phi) is 9.90. The van der Waals surface area contributed by atoms with E-state index in [1.54, 1.807) is 6.20 Å². The average Bonchev–Trinajstić information content (AvgIpc) is 4.04. The van der Waals surface area contributed by atoms with Crippen LogP contribution in [0.4, 0.5) is 0 Å². The van der Waals surface area contributed by atoms with Crippen molar-refractivity contribution in [3.63, 3.8) is 0 Å². The van der Waals surface area contributed by atoms with E-state index < -0.39 is 5.60 Å². The highest BCUT2D eigenvalue weighted by Crippen LogP contribution is 2.66. The fourth-order valence-corrected chi connectivity index (χ4v) is 18.2. The highest BCUT2D eigenvalue weighted by Gasteiger charge is 2.60. The Hall–Kier alpha value is -3.66. The van der Waals surface area contributed by atoms with Gasteiger partial charge in [-0.1, -0.05) is 13.8 Å². The monoisotopic (exact) mass is 869 g/mol. The van der Waals surface area contributed by atoms with Gasteiger partial charge in [0.25, 0.3) is 0 Å². The zero-order valence-electron chi connectivity index (χ0n) is 39.0. The van der Waals surface area contributed by atoms with Crippen molar-refractivity contribution in [2.45, 2.75) is 168 Å². The van der Waals surface area contributed by atoms with Gasteiger partial charge in [-0.15, -0.1) is 0 Å². The Morgan fingerprint density at radius 2 is 1.33 bits per heavy atom. The Labute approximate surface area is 379 Å². The fourth-order valence-electron chi connectivity index (χ4n) is 18.2. The number of Topliss-reactive ketones (excluding diaryl/α,β-unsaturated/α-hetero) is 2. The standard InChI is InChI=1S/C54H72N6O4/c1-51(63)18-13-37-32(24-51)5-7-41-39(37)15-21-54(4)44(41)10-12-46(54)49(62)31-60-50-34(27-57-60)23-36(28-56-50)64-52(2)19-14-38-33(25-52)6-8-42-40(38)16-20-53(3)43(42)9-11-45(53)48(61)30-59-29-35-26-55-22-17-47(35)58-59/h17,22-23,26-29,32-33,37-46,63H,5-16,18-21,24-25,30-31H2,1-4H3/t32-,33-,37+,38+,39-,40-,41-,42-,43+,44+,45-,46-,51-,52-,53+,54+/m1/s1. The van der Waals surface area contributed by atoms with Crippen molar-refractivity contribution in [3.8, 4) is 5.75 Å². The summed E-state index contributed by atoms with van der Waals surface area (Å²) in [6.07, 6.45) is 30.0. The van der Waals surface area contributed by atoms with Crippen LogP contribution in [0.25, 0.3) is 21.9 Å². The first-order valence-electron chi connectivity index (χ1n) is 25.8. The number of carbonyl (C=O) groups is 2. The van der Waals surface area contributed by atoms with E-state index >= 15 is 0 Å². The maximum absolute atomic E-state index is 14.3. The van der Waals surface area contributed by atoms with Crippen LogP contribution < -0.4 is 4.74 Å². The van der Waals surface area contributed by atoms with Gasteiger partial charge in [0.1, 0.15) is 17.9 Å². The van der Waals surface area contributed by atoms with E-state index in [0.29, 0.717) is 48.3 Å². The Morgan fingerprint density at radius 1 is 0.688 bits per heavy atom. The summed E-state index contributed by atoms with van der Waals surface area (Å²) in [4.78, 5) is 37.4. The molecule has 12 rings (SSSR count). The molecule has 8 saturated carbocycles. The number of fused-ring (bicyclic) bond motifs is 12. The molecule has 10 nitrogen and oxygen atoms in total. The smallest absolute Gasteiger partial charge is 0.158 e. The molecule has 10 heteroatoms. The Morgan fingerprint density at radius 3 is 2.02 bits per heavy atom. The minimum Gasteiger partial charge on any atom is -0.486 e. The van der Waals surface area contributed by atoms with Crippen molar-refractivity contribution >= 4 is 33.5 Å². The summed E-state index contributed by atoms with van der Waals surface area (Å²) in [6, 6.07) is 4.02. The molecular formula is C54H72N6O4. The van der Waals surface area contributed by atoms with Gasteiger partial charge in [0.2, 0.25) is 0 Å². The molecule has 0 spiro atoms. The third kappa shape index (κ3) is 6.77. The molecule has 0 saturated heterocycles. The first-order valence-corrected chi connectivity index (χ1v) is 25.8. The molecule has 342 valence electrons. The number of hydrogen-bond acceptors (Lipinski definition) is 8. The van der Waals surface area contributed by atoms with Crippen LogP contribution in [0.3, 0.4) is 0 Å². The largest absolute Gasteiger partial charge is 0.486 e. The van der Waals surface area contributed by atoms with Crippen LogP contribution in [0.2, 0.25) is 0 Å². The zero-order valence-corrected chi connectivity index (χ0v) is 39.0. The van der Waals surface area contributed by atoms with Crippen molar-refractivity contribution in [2.75, 3.05) is 0 Å². The lowest BCUT2D eigenvalue weighted by molar-refractivity contribution is -0.133. The second-order valence-corrected chi connectivity index (χ2v) is 24.3. The summed E-state index contributed by atoms with van der Waals surface area (Å²) >= 11 is 0. The quantitative estimate of drug-likeness (QED) is 0.186. The number of aliphatic hydroxyl groups is 1. The number of carbonyl (C=O) groups excluding carboxylic acids is 2. The van der Waals surface area contributed by atoms with Gasteiger partial charge in [-0.05, 0) is 212 Å². The maximum atomic E-state index is 14.3. The van der Waals surface area contributed by atoms with E-state index in [9.17, 15) is 14.7 Å². The normalized spacial score (nSPS) is 43.7. The second-order valence-electron chi connectivity index (χ2n) is 24.3. The maximum Gasteiger partial charge on any atom is 0.158 e. The minimum atomic E-state index is -0.483. The first-order chi connectivity index (χ1) is 30.8. The molecule has 8 fully saturated rings. The van der Waals surface area contributed by atoms with Crippen molar-refractivity contribution in [2.24, 2.45) is 81.8 Å². The van der Waals surface area contributed by atoms with E-state index in [0.717, 1.165) is 115 Å². The van der Waals surface area contributed by atoms with Crippen LogP contribution in [0, 0.1) is 81.8 Å². The molecule has 16 atom stereocenters. The second kappa shape index (κ2) is 15.2. The van der Waals surface area contributed by atoms with Crippen molar-refractivity contribution in [1.82, 2.24) is 29.5 Å². The van der Waals surface area contributed by atoms with Crippen LogP contribution in [0.5, 0.6) is 5.75 Å². The SMILES string of the molecule is C[C@@]1(O)CC[C@H]2[C@H](CC[C@@H]3[C@@H]2CC[C@]2(C)[C@@H](C(=O)Cn4ncc5cc(O[C@]6(C)CC[C@H]7[C@H](CC[C@@H]8[C@@H]7CC[C@]7(C)[C@@H](C(=O)Cn9cc%10cnccc%10n9)CC[C@@H]87)C6)cnc54)CC[C@@H]32)C1. The number of nitrogens with zero attached hydrogens (tertiary/aromatic N) is 6. The van der Waals surface area contributed by atoms with Crippen molar-refractivity contribution in [1.29, 1.82) is 0 Å². The van der Waals surface area contributed by atoms with E-state index in [2.05, 4.69) is 36.9 Å². The highest BCUT2D eigenvalue weighted by molar-refractivity contribution is 5.85. The van der Waals surface area contributed by atoms with Gasteiger partial charge in [0, 0.05) is 41.2 Å². The van der Waals surface area contributed by atoms with Crippen LogP contribution in [0.15, 0.2) is 43.1 Å². The van der Waals surface area contributed by atoms with Gasteiger partial charge >= 0.3 is 0 Å². The van der Waals surface area contributed by atoms with Gasteiger partial charge < -0.3 is 9.84 Å². The zero-order chi connectivity index (χ0) is 43.8. The van der Waals surface area contributed by atoms with E-state index in [-0.39, 0.29) is 28.3 Å². The van der Waals surface area contributed by atoms with Crippen LogP contribution >= 0.6 is 0 Å². The predicted octanol–water partition coefficient (Wildman–Crippen LogP) is 10.4. The molecule has 8 aliphatic carbocycles. The number of pyridine rings is 2. The average molecular weight is 869 g/mol. The summed E-state index contributed by atoms with van der Waals surface area (Å²) in [6.45, 7) is 9.93. The molecule has 0 aromatic carbocycles. The van der Waals surface area contributed by atoms with Crippen LogP contribution in [-0.2, 0) is 22.7 Å². The topological polar surface area (TPSA) is 125 Å². The summed E-state index contributed by atoms with van der Waals surface area (Å²) < 4.78 is 10.6. The van der Waals surface area contributed by atoms with E-state index in [1.165, 1.54) is 64.2 Å². The fraction of sp³-hybridized carbons (Fsp3) is 0.741. The third-order valence-corrected chi connectivity index (χ3v) is 21.0. The number of rotatable bonds is 8. The summed E-state index contributed by atoms with van der Waals surface area (Å²) in [5.41, 5.74) is 1.12. The minimum absolute atomic E-state index is 0.0736. The Bertz CT molecular complexity index is 2430. The molecule has 8 aliphatic rings. The molecule has 1 N–H and O–H groups in total. The Balaban J connectivity index is 0.666.